The highest BCUT2D eigenvalue weighted by atomic mass is 19.1. The normalized spacial score (nSPS) is 11.4. The van der Waals surface area contributed by atoms with E-state index in [9.17, 15) is 4.39 Å². The molecule has 1 N–H and O–H groups in total. The second-order valence-electron chi connectivity index (χ2n) is 3.42. The van der Waals surface area contributed by atoms with Crippen LogP contribution in [0.2, 0.25) is 0 Å². The van der Waals surface area contributed by atoms with E-state index in [2.05, 4.69) is 15.2 Å². The van der Waals surface area contributed by atoms with Crippen molar-refractivity contribution in [2.75, 3.05) is 14.1 Å². The van der Waals surface area contributed by atoms with E-state index in [0.717, 1.165) is 0 Å². The number of aliphatic imine (C=N–C) groups is 1. The van der Waals surface area contributed by atoms with E-state index in [-0.39, 0.29) is 5.82 Å². The van der Waals surface area contributed by atoms with Crippen LogP contribution >= 0.6 is 0 Å². The van der Waals surface area contributed by atoms with Crippen molar-refractivity contribution in [1.82, 2.24) is 15.1 Å². The highest BCUT2D eigenvalue weighted by Gasteiger charge is 2.06. The van der Waals surface area contributed by atoms with Crippen molar-refractivity contribution in [3.63, 3.8) is 0 Å². The predicted octanol–water partition coefficient (Wildman–Crippen LogP) is 1.92. The van der Waals surface area contributed by atoms with Crippen molar-refractivity contribution in [3.05, 3.63) is 24.0 Å². The highest BCUT2D eigenvalue weighted by Crippen LogP contribution is 2.24. The van der Waals surface area contributed by atoms with Gasteiger partial charge in [-0.2, -0.15) is 5.10 Å². The smallest absolute Gasteiger partial charge is 0.183 e. The van der Waals surface area contributed by atoms with Gasteiger partial charge in [-0.05, 0) is 12.1 Å². The van der Waals surface area contributed by atoms with Crippen molar-refractivity contribution in [2.24, 2.45) is 4.99 Å². The van der Waals surface area contributed by atoms with E-state index in [1.807, 2.05) is 14.1 Å². The van der Waals surface area contributed by atoms with Crippen LogP contribution in [0.1, 0.15) is 0 Å². The minimum Gasteiger partial charge on any atom is -0.369 e. The maximum absolute atomic E-state index is 13.3. The van der Waals surface area contributed by atoms with Gasteiger partial charge in [0.25, 0.3) is 0 Å². The Kier molecular flexibility index (Phi) is 2.37. The Morgan fingerprint density at radius 2 is 2.27 bits per heavy atom. The third kappa shape index (κ3) is 1.81. The molecule has 2 aromatic rings. The van der Waals surface area contributed by atoms with Gasteiger partial charge in [-0.25, -0.2) is 9.38 Å². The summed E-state index contributed by atoms with van der Waals surface area (Å²) in [6.07, 6.45) is 1.63. The predicted molar refractivity (Wildman–Crippen MR) is 57.9 cm³/mol. The lowest BCUT2D eigenvalue weighted by Gasteiger charge is -2.00. The topological polar surface area (TPSA) is 44.3 Å². The lowest BCUT2D eigenvalue weighted by Crippen LogP contribution is -2.06. The molecule has 78 valence electrons. The van der Waals surface area contributed by atoms with Gasteiger partial charge in [0.2, 0.25) is 0 Å². The summed E-state index contributed by atoms with van der Waals surface area (Å²) in [6, 6.07) is 4.81. The second kappa shape index (κ2) is 3.68. The minimum absolute atomic E-state index is 0.314. The van der Waals surface area contributed by atoms with Crippen molar-refractivity contribution in [2.45, 2.75) is 0 Å². The number of rotatable bonds is 2. The van der Waals surface area contributed by atoms with Crippen LogP contribution < -0.4 is 0 Å². The summed E-state index contributed by atoms with van der Waals surface area (Å²) in [6.45, 7) is 0. The number of halogens is 1. The van der Waals surface area contributed by atoms with Gasteiger partial charge in [0.1, 0.15) is 11.3 Å². The van der Waals surface area contributed by atoms with E-state index in [4.69, 9.17) is 0 Å². The molecule has 0 spiro atoms. The number of hydrogen-bond donors (Lipinski definition) is 1. The molecule has 1 aromatic heterocycles. The molecule has 0 amide bonds. The Morgan fingerprint density at radius 3 is 3.00 bits per heavy atom. The van der Waals surface area contributed by atoms with Crippen molar-refractivity contribution >= 4 is 23.1 Å². The molecule has 4 nitrogen and oxygen atoms in total. The molecule has 0 saturated heterocycles. The molecule has 5 heteroatoms. The number of fused-ring (bicyclic) bond motifs is 1. The Labute approximate surface area is 86.4 Å². The van der Waals surface area contributed by atoms with Crippen LogP contribution in [-0.4, -0.2) is 35.5 Å². The summed E-state index contributed by atoms with van der Waals surface area (Å²) < 4.78 is 13.3. The molecule has 0 radical (unpaired) electrons. The number of aromatic amines is 1. The molecule has 0 aliphatic carbocycles. The molecule has 0 bridgehead atoms. The molecule has 1 aromatic carbocycles. The quantitative estimate of drug-likeness (QED) is 0.602. The summed E-state index contributed by atoms with van der Waals surface area (Å²) in [4.78, 5) is 5.92. The maximum Gasteiger partial charge on any atom is 0.183 e. The van der Waals surface area contributed by atoms with Crippen LogP contribution in [0.4, 0.5) is 10.2 Å². The molecule has 15 heavy (non-hydrogen) atoms. The van der Waals surface area contributed by atoms with Gasteiger partial charge in [0, 0.05) is 19.5 Å². The van der Waals surface area contributed by atoms with Crippen LogP contribution in [-0.2, 0) is 0 Å². The Morgan fingerprint density at radius 1 is 1.47 bits per heavy atom. The van der Waals surface area contributed by atoms with E-state index in [0.29, 0.717) is 16.7 Å². The molecule has 0 fully saturated rings. The van der Waals surface area contributed by atoms with Crippen LogP contribution in [0.25, 0.3) is 10.9 Å². The van der Waals surface area contributed by atoms with Crippen LogP contribution in [0.3, 0.4) is 0 Å². The van der Waals surface area contributed by atoms with Crippen LogP contribution in [0, 0.1) is 5.82 Å². The van der Waals surface area contributed by atoms with Gasteiger partial charge >= 0.3 is 0 Å². The standard InChI is InChI=1S/C10H11FN4/c1-15(2)6-12-10-7-4-3-5-8(11)9(7)13-14-10/h3-6H,1-2H3,(H,13,14). The van der Waals surface area contributed by atoms with E-state index in [1.54, 1.807) is 23.4 Å². The first kappa shape index (κ1) is 9.64. The van der Waals surface area contributed by atoms with Crippen molar-refractivity contribution in [3.8, 4) is 0 Å². The van der Waals surface area contributed by atoms with Crippen molar-refractivity contribution < 1.29 is 4.39 Å². The van der Waals surface area contributed by atoms with E-state index in [1.165, 1.54) is 6.07 Å². The van der Waals surface area contributed by atoms with Crippen LogP contribution in [0.5, 0.6) is 0 Å². The largest absolute Gasteiger partial charge is 0.369 e. The molecular weight excluding hydrogens is 195 g/mol. The highest BCUT2D eigenvalue weighted by molar-refractivity contribution is 5.89. The zero-order valence-electron chi connectivity index (χ0n) is 8.53. The fraction of sp³-hybridized carbons (Fsp3) is 0.200. The first-order chi connectivity index (χ1) is 7.18. The van der Waals surface area contributed by atoms with Gasteiger partial charge in [0.05, 0.1) is 6.34 Å². The number of aromatic nitrogens is 2. The molecule has 0 saturated carbocycles. The lowest BCUT2D eigenvalue weighted by molar-refractivity contribution is 0.636. The molecule has 0 aliphatic rings. The zero-order valence-corrected chi connectivity index (χ0v) is 8.53. The number of nitrogens with zero attached hydrogens (tertiary/aromatic N) is 3. The van der Waals surface area contributed by atoms with Gasteiger partial charge in [-0.15, -0.1) is 0 Å². The van der Waals surface area contributed by atoms with Gasteiger partial charge < -0.3 is 4.90 Å². The Bertz CT molecular complexity index is 501. The fourth-order valence-corrected chi connectivity index (χ4v) is 1.26. The molecular formula is C10H11FN4. The zero-order chi connectivity index (χ0) is 10.8. The average molecular weight is 206 g/mol. The van der Waals surface area contributed by atoms with E-state index < -0.39 is 0 Å². The van der Waals surface area contributed by atoms with Gasteiger partial charge in [-0.3, -0.25) is 5.10 Å². The Balaban J connectivity index is 2.50. The molecule has 0 unspecified atom stereocenters. The molecule has 2 rings (SSSR count). The number of benzene rings is 1. The minimum atomic E-state index is -0.314. The number of H-pyrrole nitrogens is 1. The summed E-state index contributed by atoms with van der Waals surface area (Å²) in [7, 11) is 3.72. The summed E-state index contributed by atoms with van der Waals surface area (Å²) in [5.74, 6) is 0.185. The SMILES string of the molecule is CN(C)C=Nc1n[nH]c2c(F)cccc12. The number of para-hydroxylation sites is 1. The second-order valence-corrected chi connectivity index (χ2v) is 3.42. The summed E-state index contributed by atoms with van der Waals surface area (Å²) in [5, 5.41) is 7.25. The van der Waals surface area contributed by atoms with Crippen molar-refractivity contribution in [1.29, 1.82) is 0 Å². The maximum atomic E-state index is 13.3. The molecule has 0 atom stereocenters. The summed E-state index contributed by atoms with van der Waals surface area (Å²) >= 11 is 0. The Hall–Kier alpha value is -1.91. The first-order valence-corrected chi connectivity index (χ1v) is 4.51. The third-order valence-electron chi connectivity index (χ3n) is 1.94. The van der Waals surface area contributed by atoms with Gasteiger partial charge in [0.15, 0.2) is 5.82 Å². The van der Waals surface area contributed by atoms with E-state index >= 15 is 0 Å². The van der Waals surface area contributed by atoms with Gasteiger partial charge in [-0.1, -0.05) is 6.07 Å². The molecule has 0 aliphatic heterocycles. The summed E-state index contributed by atoms with van der Waals surface area (Å²) in [5.41, 5.74) is 0.392. The number of nitrogens with one attached hydrogen (secondary N) is 1. The lowest BCUT2D eigenvalue weighted by atomic mass is 10.2. The molecule has 1 heterocycles. The monoisotopic (exact) mass is 206 g/mol. The fourth-order valence-electron chi connectivity index (χ4n) is 1.26. The first-order valence-electron chi connectivity index (χ1n) is 4.51. The number of hydrogen-bond acceptors (Lipinski definition) is 2. The van der Waals surface area contributed by atoms with Crippen LogP contribution in [0.15, 0.2) is 23.2 Å². The third-order valence-corrected chi connectivity index (χ3v) is 1.94. The average Bonchev–Trinajstić information content (AvgIpc) is 2.59.